The van der Waals surface area contributed by atoms with Crippen LogP contribution in [0.2, 0.25) is 0 Å². The van der Waals surface area contributed by atoms with Gasteiger partial charge in [0, 0.05) is 51.0 Å². The lowest BCUT2D eigenvalue weighted by Crippen LogP contribution is -2.45. The highest BCUT2D eigenvalue weighted by Gasteiger charge is 2.47. The zero-order valence-corrected chi connectivity index (χ0v) is 21.9. The molecular formula is C28H39N3O6. The highest BCUT2D eigenvalue weighted by molar-refractivity contribution is 5.79. The van der Waals surface area contributed by atoms with Crippen molar-refractivity contribution in [2.75, 3.05) is 39.4 Å². The van der Waals surface area contributed by atoms with E-state index in [9.17, 15) is 19.8 Å². The van der Waals surface area contributed by atoms with Crippen molar-refractivity contribution < 1.29 is 29.0 Å². The van der Waals surface area contributed by atoms with Gasteiger partial charge in [0.15, 0.2) is 5.89 Å². The quantitative estimate of drug-likeness (QED) is 0.420. The van der Waals surface area contributed by atoms with Gasteiger partial charge in [-0.2, -0.15) is 0 Å². The number of aromatic nitrogens is 1. The minimum Gasteiger partial charge on any atom is -0.493 e. The Hall–Kier alpha value is -2.91. The summed E-state index contributed by atoms with van der Waals surface area (Å²) in [5.41, 5.74) is 2.09. The van der Waals surface area contributed by atoms with Crippen LogP contribution in [0.1, 0.15) is 61.3 Å². The number of likely N-dealkylation sites (tertiary alicyclic amines) is 1. The molecule has 0 bridgehead atoms. The second-order valence-corrected chi connectivity index (χ2v) is 10.1. The summed E-state index contributed by atoms with van der Waals surface area (Å²) in [6.07, 6.45) is 5.90. The Morgan fingerprint density at radius 2 is 2.05 bits per heavy atom. The van der Waals surface area contributed by atoms with Crippen LogP contribution in [0.5, 0.6) is 5.75 Å². The van der Waals surface area contributed by atoms with Crippen LogP contribution in [0.3, 0.4) is 0 Å². The third-order valence-electron chi connectivity index (χ3n) is 7.56. The molecular weight excluding hydrogens is 474 g/mol. The number of carbonyl (C=O) groups excluding carboxylic acids is 1. The maximum absolute atomic E-state index is 13.4. The molecule has 2 aliphatic heterocycles. The van der Waals surface area contributed by atoms with E-state index < -0.39 is 11.9 Å². The van der Waals surface area contributed by atoms with Crippen molar-refractivity contribution in [1.82, 2.24) is 14.8 Å². The number of fused-ring (bicyclic) bond motifs is 1. The Labute approximate surface area is 218 Å². The highest BCUT2D eigenvalue weighted by Crippen LogP contribution is 2.41. The summed E-state index contributed by atoms with van der Waals surface area (Å²) >= 11 is 0. The van der Waals surface area contributed by atoms with E-state index in [1.807, 2.05) is 28.9 Å². The summed E-state index contributed by atoms with van der Waals surface area (Å²) in [7, 11) is 0. The van der Waals surface area contributed by atoms with Crippen molar-refractivity contribution in [3.8, 4) is 5.75 Å². The molecule has 3 unspecified atom stereocenters. The zero-order valence-electron chi connectivity index (χ0n) is 21.9. The Balaban J connectivity index is 1.58. The number of aliphatic hydroxyl groups is 1. The Morgan fingerprint density at radius 3 is 2.76 bits per heavy atom. The molecule has 1 amide bonds. The Kier molecular flexibility index (Phi) is 9.21. The molecule has 9 nitrogen and oxygen atoms in total. The number of aliphatic hydroxyl groups excluding tert-OH is 1. The predicted octanol–water partition coefficient (Wildman–Crippen LogP) is 3.03. The van der Waals surface area contributed by atoms with E-state index in [0.717, 1.165) is 41.9 Å². The molecule has 4 rings (SSSR count). The molecule has 2 N–H and O–H groups in total. The molecule has 1 saturated heterocycles. The summed E-state index contributed by atoms with van der Waals surface area (Å²) < 4.78 is 11.3. The summed E-state index contributed by atoms with van der Waals surface area (Å²) in [5, 5.41) is 19.7. The predicted molar refractivity (Wildman–Crippen MR) is 138 cm³/mol. The number of carboxylic acids is 1. The van der Waals surface area contributed by atoms with Gasteiger partial charge >= 0.3 is 5.97 Å². The van der Waals surface area contributed by atoms with Crippen LogP contribution in [0.4, 0.5) is 0 Å². The fourth-order valence-corrected chi connectivity index (χ4v) is 5.66. The minimum absolute atomic E-state index is 0.0222. The monoisotopic (exact) mass is 513 g/mol. The van der Waals surface area contributed by atoms with E-state index in [1.54, 1.807) is 6.20 Å². The van der Waals surface area contributed by atoms with Gasteiger partial charge in [0.05, 0.1) is 25.3 Å². The number of unbranched alkanes of at least 4 members (excludes halogenated alkanes) is 1. The van der Waals surface area contributed by atoms with Gasteiger partial charge in [-0.3, -0.25) is 14.5 Å². The van der Waals surface area contributed by atoms with Crippen molar-refractivity contribution in [1.29, 1.82) is 0 Å². The second kappa shape index (κ2) is 12.6. The van der Waals surface area contributed by atoms with Crippen LogP contribution >= 0.6 is 0 Å². The molecule has 202 valence electrons. The Bertz CT molecular complexity index is 1060. The maximum atomic E-state index is 13.4. The minimum atomic E-state index is -0.853. The molecule has 0 radical (unpaired) electrons. The van der Waals surface area contributed by atoms with E-state index in [-0.39, 0.29) is 31.0 Å². The van der Waals surface area contributed by atoms with E-state index in [1.165, 1.54) is 0 Å². The lowest BCUT2D eigenvalue weighted by molar-refractivity contribution is -0.144. The van der Waals surface area contributed by atoms with Crippen LogP contribution in [0.15, 0.2) is 28.8 Å². The first-order chi connectivity index (χ1) is 17.9. The van der Waals surface area contributed by atoms with E-state index in [2.05, 4.69) is 18.0 Å². The van der Waals surface area contributed by atoms with Crippen molar-refractivity contribution >= 4 is 11.9 Å². The first-order valence-corrected chi connectivity index (χ1v) is 13.4. The Morgan fingerprint density at radius 1 is 1.24 bits per heavy atom. The number of nitrogens with zero attached hydrogens (tertiary/aromatic N) is 3. The number of ether oxygens (including phenoxy) is 1. The van der Waals surface area contributed by atoms with Gasteiger partial charge in [0.25, 0.3) is 0 Å². The van der Waals surface area contributed by atoms with Gasteiger partial charge in [-0.1, -0.05) is 25.5 Å². The SMILES string of the molecule is CCCCN(CCCO)C(=O)CN1CC(c2ccc3c(c2)CCO3)C(C(=O)O)C1CCc1ncc(C)o1. The number of oxazole rings is 1. The molecule has 1 aromatic carbocycles. The summed E-state index contributed by atoms with van der Waals surface area (Å²) in [6, 6.07) is 5.65. The third kappa shape index (κ3) is 6.51. The van der Waals surface area contributed by atoms with Crippen LogP contribution < -0.4 is 4.74 Å². The second-order valence-electron chi connectivity index (χ2n) is 10.1. The molecule has 0 aliphatic carbocycles. The summed E-state index contributed by atoms with van der Waals surface area (Å²) in [4.78, 5) is 34.2. The molecule has 9 heteroatoms. The van der Waals surface area contributed by atoms with Gasteiger partial charge in [-0.15, -0.1) is 0 Å². The normalized spacial score (nSPS) is 21.1. The summed E-state index contributed by atoms with van der Waals surface area (Å²) in [5.74, 6) is 0.390. The lowest BCUT2D eigenvalue weighted by atomic mass is 9.83. The fraction of sp³-hybridized carbons (Fsp3) is 0.607. The standard InChI is InChI=1S/C28H39N3O6/c1-3-4-11-30(12-5-13-32)26(33)18-31-17-22(20-6-8-24-21(15-20)10-14-36-24)27(28(34)35)23(31)7-9-25-29-16-19(2)37-25/h6,8,15-16,22-23,27,32H,3-5,7,9-14,17-18H2,1-2H3,(H,34,35). The largest absolute Gasteiger partial charge is 0.493 e. The number of aryl methyl sites for hydroxylation is 2. The average Bonchev–Trinajstić information content (AvgIpc) is 3.60. The van der Waals surface area contributed by atoms with Gasteiger partial charge < -0.3 is 24.3 Å². The van der Waals surface area contributed by atoms with Gasteiger partial charge in [-0.05, 0) is 43.4 Å². The number of carbonyl (C=O) groups is 2. The van der Waals surface area contributed by atoms with E-state index in [4.69, 9.17) is 9.15 Å². The number of hydrogen-bond acceptors (Lipinski definition) is 7. The number of rotatable bonds is 13. The van der Waals surface area contributed by atoms with Crippen molar-refractivity contribution in [2.24, 2.45) is 5.92 Å². The number of amides is 1. The molecule has 1 aromatic heterocycles. The van der Waals surface area contributed by atoms with Crippen LogP contribution in [0, 0.1) is 12.8 Å². The van der Waals surface area contributed by atoms with Gasteiger partial charge in [-0.25, -0.2) is 4.98 Å². The first kappa shape index (κ1) is 27.1. The van der Waals surface area contributed by atoms with E-state index >= 15 is 0 Å². The van der Waals surface area contributed by atoms with Gasteiger partial charge in [0.1, 0.15) is 11.5 Å². The topological polar surface area (TPSA) is 116 Å². The maximum Gasteiger partial charge on any atom is 0.308 e. The highest BCUT2D eigenvalue weighted by atomic mass is 16.5. The number of benzene rings is 1. The van der Waals surface area contributed by atoms with E-state index in [0.29, 0.717) is 51.4 Å². The molecule has 2 aliphatic rings. The van der Waals surface area contributed by atoms with Crippen LogP contribution in [-0.2, 0) is 22.4 Å². The lowest BCUT2D eigenvalue weighted by Gasteiger charge is -2.29. The third-order valence-corrected chi connectivity index (χ3v) is 7.56. The van der Waals surface area contributed by atoms with Crippen molar-refractivity contribution in [3.05, 3.63) is 47.2 Å². The average molecular weight is 514 g/mol. The molecule has 3 heterocycles. The number of aliphatic carboxylic acids is 1. The number of carboxylic acid groups (broad SMARTS) is 1. The number of hydrogen-bond donors (Lipinski definition) is 2. The van der Waals surface area contributed by atoms with Crippen molar-refractivity contribution in [2.45, 2.75) is 64.3 Å². The van der Waals surface area contributed by atoms with Crippen LogP contribution in [-0.4, -0.2) is 82.3 Å². The smallest absolute Gasteiger partial charge is 0.308 e. The summed E-state index contributed by atoms with van der Waals surface area (Å²) in [6.45, 7) is 6.37. The molecule has 0 saturated carbocycles. The first-order valence-electron chi connectivity index (χ1n) is 13.4. The zero-order chi connectivity index (χ0) is 26.4. The fourth-order valence-electron chi connectivity index (χ4n) is 5.66. The molecule has 3 atom stereocenters. The van der Waals surface area contributed by atoms with Crippen LogP contribution in [0.25, 0.3) is 0 Å². The molecule has 37 heavy (non-hydrogen) atoms. The molecule has 1 fully saturated rings. The molecule has 2 aromatic rings. The van der Waals surface area contributed by atoms with Crippen molar-refractivity contribution in [3.63, 3.8) is 0 Å². The molecule has 0 spiro atoms. The van der Waals surface area contributed by atoms with Gasteiger partial charge in [0.2, 0.25) is 5.91 Å².